The Kier molecular flexibility index (Phi) is 4.41. The van der Waals surface area contributed by atoms with Crippen LogP contribution in [0.25, 0.3) is 0 Å². The SMILES string of the molecule is CCOc1ccccc1C(=O)c1cc(C)ccc1OC. The van der Waals surface area contributed by atoms with Crippen LogP contribution < -0.4 is 9.47 Å². The molecule has 0 bridgehead atoms. The van der Waals surface area contributed by atoms with E-state index < -0.39 is 0 Å². The number of carbonyl (C=O) groups is 1. The van der Waals surface area contributed by atoms with Crippen molar-refractivity contribution in [2.24, 2.45) is 0 Å². The Balaban J connectivity index is 2.49. The van der Waals surface area contributed by atoms with Gasteiger partial charge in [-0.2, -0.15) is 0 Å². The first-order chi connectivity index (χ1) is 9.67. The zero-order chi connectivity index (χ0) is 14.5. The Labute approximate surface area is 119 Å². The first-order valence-electron chi connectivity index (χ1n) is 6.58. The number of ketones is 1. The number of carbonyl (C=O) groups excluding carboxylic acids is 1. The first-order valence-corrected chi connectivity index (χ1v) is 6.58. The Morgan fingerprint density at radius 1 is 1.05 bits per heavy atom. The van der Waals surface area contributed by atoms with Crippen LogP contribution in [0.15, 0.2) is 42.5 Å². The minimum Gasteiger partial charge on any atom is -0.496 e. The van der Waals surface area contributed by atoms with E-state index in [0.29, 0.717) is 29.2 Å². The van der Waals surface area contributed by atoms with Crippen molar-refractivity contribution in [2.75, 3.05) is 13.7 Å². The molecule has 0 saturated heterocycles. The summed E-state index contributed by atoms with van der Waals surface area (Å²) in [6, 6.07) is 12.8. The molecule has 2 aromatic rings. The Morgan fingerprint density at radius 3 is 2.50 bits per heavy atom. The van der Waals surface area contributed by atoms with E-state index in [2.05, 4.69) is 0 Å². The van der Waals surface area contributed by atoms with E-state index in [1.54, 1.807) is 19.2 Å². The molecule has 0 amide bonds. The van der Waals surface area contributed by atoms with Crippen LogP contribution in [-0.4, -0.2) is 19.5 Å². The van der Waals surface area contributed by atoms with Gasteiger partial charge in [0.1, 0.15) is 11.5 Å². The molecular weight excluding hydrogens is 252 g/mol. The van der Waals surface area contributed by atoms with Gasteiger partial charge in [-0.3, -0.25) is 4.79 Å². The van der Waals surface area contributed by atoms with Gasteiger partial charge in [-0.05, 0) is 38.1 Å². The molecule has 0 aromatic heterocycles. The molecule has 0 atom stereocenters. The summed E-state index contributed by atoms with van der Waals surface area (Å²) in [7, 11) is 1.57. The smallest absolute Gasteiger partial charge is 0.200 e. The molecule has 0 radical (unpaired) electrons. The van der Waals surface area contributed by atoms with Crippen LogP contribution >= 0.6 is 0 Å². The first kappa shape index (κ1) is 14.1. The molecule has 0 aliphatic carbocycles. The predicted molar refractivity (Wildman–Crippen MR) is 78.8 cm³/mol. The number of hydrogen-bond acceptors (Lipinski definition) is 3. The molecule has 0 N–H and O–H groups in total. The largest absolute Gasteiger partial charge is 0.496 e. The van der Waals surface area contributed by atoms with Gasteiger partial charge in [0, 0.05) is 0 Å². The van der Waals surface area contributed by atoms with Gasteiger partial charge in [0.05, 0.1) is 24.8 Å². The van der Waals surface area contributed by atoms with Gasteiger partial charge in [-0.25, -0.2) is 0 Å². The summed E-state index contributed by atoms with van der Waals surface area (Å²) in [6.45, 7) is 4.37. The van der Waals surface area contributed by atoms with E-state index in [1.807, 2.05) is 44.2 Å². The molecular formula is C17H18O3. The summed E-state index contributed by atoms with van der Waals surface area (Å²) in [5, 5.41) is 0. The molecule has 0 unspecified atom stereocenters. The molecule has 0 fully saturated rings. The fourth-order valence-electron chi connectivity index (χ4n) is 2.08. The van der Waals surface area contributed by atoms with Gasteiger partial charge < -0.3 is 9.47 Å². The third kappa shape index (κ3) is 2.82. The van der Waals surface area contributed by atoms with Crippen LogP contribution in [0.3, 0.4) is 0 Å². The molecule has 2 rings (SSSR count). The highest BCUT2D eigenvalue weighted by atomic mass is 16.5. The fraction of sp³-hybridized carbons (Fsp3) is 0.235. The maximum absolute atomic E-state index is 12.7. The maximum Gasteiger partial charge on any atom is 0.200 e. The summed E-state index contributed by atoms with van der Waals surface area (Å²) in [5.41, 5.74) is 2.13. The molecule has 104 valence electrons. The van der Waals surface area contributed by atoms with E-state index in [9.17, 15) is 4.79 Å². The predicted octanol–water partition coefficient (Wildman–Crippen LogP) is 3.63. The quantitative estimate of drug-likeness (QED) is 0.778. The summed E-state index contributed by atoms with van der Waals surface area (Å²) in [4.78, 5) is 12.7. The Morgan fingerprint density at radius 2 is 1.80 bits per heavy atom. The zero-order valence-electron chi connectivity index (χ0n) is 12.0. The van der Waals surface area contributed by atoms with Crippen molar-refractivity contribution >= 4 is 5.78 Å². The monoisotopic (exact) mass is 270 g/mol. The van der Waals surface area contributed by atoms with Crippen molar-refractivity contribution in [3.05, 3.63) is 59.2 Å². The second-order valence-electron chi connectivity index (χ2n) is 4.46. The third-order valence-corrected chi connectivity index (χ3v) is 3.03. The number of methoxy groups -OCH3 is 1. The molecule has 0 saturated carbocycles. The Hall–Kier alpha value is -2.29. The zero-order valence-corrected chi connectivity index (χ0v) is 12.0. The number of aryl methyl sites for hydroxylation is 1. The molecule has 0 aliphatic heterocycles. The normalized spacial score (nSPS) is 10.2. The van der Waals surface area contributed by atoms with Crippen molar-refractivity contribution in [1.29, 1.82) is 0 Å². The van der Waals surface area contributed by atoms with Crippen molar-refractivity contribution in [2.45, 2.75) is 13.8 Å². The van der Waals surface area contributed by atoms with Crippen LogP contribution in [-0.2, 0) is 0 Å². The molecule has 0 spiro atoms. The van der Waals surface area contributed by atoms with Crippen LogP contribution in [0, 0.1) is 6.92 Å². The summed E-state index contributed by atoms with van der Waals surface area (Å²) in [5.74, 6) is 1.09. The third-order valence-electron chi connectivity index (χ3n) is 3.03. The summed E-state index contributed by atoms with van der Waals surface area (Å²) < 4.78 is 10.8. The lowest BCUT2D eigenvalue weighted by molar-refractivity contribution is 0.103. The second-order valence-corrected chi connectivity index (χ2v) is 4.46. The van der Waals surface area contributed by atoms with E-state index in [1.165, 1.54) is 0 Å². The van der Waals surface area contributed by atoms with E-state index in [-0.39, 0.29) is 5.78 Å². The van der Waals surface area contributed by atoms with Gasteiger partial charge >= 0.3 is 0 Å². The number of hydrogen-bond donors (Lipinski definition) is 0. The number of ether oxygens (including phenoxy) is 2. The highest BCUT2D eigenvalue weighted by Crippen LogP contribution is 2.27. The average Bonchev–Trinajstić information content (AvgIpc) is 2.47. The number of benzene rings is 2. The van der Waals surface area contributed by atoms with Gasteiger partial charge in [0.2, 0.25) is 0 Å². The van der Waals surface area contributed by atoms with Crippen LogP contribution in [0.5, 0.6) is 11.5 Å². The highest BCUT2D eigenvalue weighted by Gasteiger charge is 2.18. The van der Waals surface area contributed by atoms with Crippen molar-refractivity contribution in [1.82, 2.24) is 0 Å². The summed E-state index contributed by atoms with van der Waals surface area (Å²) >= 11 is 0. The average molecular weight is 270 g/mol. The van der Waals surface area contributed by atoms with Crippen molar-refractivity contribution in [3.8, 4) is 11.5 Å². The standard InChI is InChI=1S/C17H18O3/c1-4-20-16-8-6-5-7-13(16)17(18)14-11-12(2)9-10-15(14)19-3/h5-11H,4H2,1-3H3. The molecule has 3 heteroatoms. The van der Waals surface area contributed by atoms with Crippen molar-refractivity contribution < 1.29 is 14.3 Å². The van der Waals surface area contributed by atoms with Crippen molar-refractivity contribution in [3.63, 3.8) is 0 Å². The molecule has 0 heterocycles. The van der Waals surface area contributed by atoms with Gasteiger partial charge in [0.25, 0.3) is 0 Å². The topological polar surface area (TPSA) is 35.5 Å². The van der Waals surface area contributed by atoms with Gasteiger partial charge in [0.15, 0.2) is 5.78 Å². The molecule has 20 heavy (non-hydrogen) atoms. The molecule has 2 aromatic carbocycles. The van der Waals surface area contributed by atoms with Gasteiger partial charge in [-0.1, -0.05) is 23.8 Å². The second kappa shape index (κ2) is 6.24. The van der Waals surface area contributed by atoms with Gasteiger partial charge in [-0.15, -0.1) is 0 Å². The lowest BCUT2D eigenvalue weighted by atomic mass is 10.00. The minimum atomic E-state index is -0.0883. The lowest BCUT2D eigenvalue weighted by Crippen LogP contribution is -2.07. The van der Waals surface area contributed by atoms with E-state index >= 15 is 0 Å². The molecule has 0 aliphatic rings. The van der Waals surface area contributed by atoms with Crippen LogP contribution in [0.2, 0.25) is 0 Å². The molecule has 3 nitrogen and oxygen atoms in total. The van der Waals surface area contributed by atoms with Crippen LogP contribution in [0.4, 0.5) is 0 Å². The van der Waals surface area contributed by atoms with E-state index in [0.717, 1.165) is 5.56 Å². The lowest BCUT2D eigenvalue weighted by Gasteiger charge is -2.12. The fourth-order valence-corrected chi connectivity index (χ4v) is 2.08. The Bertz CT molecular complexity index is 617. The van der Waals surface area contributed by atoms with Crippen LogP contribution in [0.1, 0.15) is 28.4 Å². The van der Waals surface area contributed by atoms with E-state index in [4.69, 9.17) is 9.47 Å². The number of para-hydroxylation sites is 1. The highest BCUT2D eigenvalue weighted by molar-refractivity contribution is 6.12. The minimum absolute atomic E-state index is 0.0883. The number of rotatable bonds is 5. The summed E-state index contributed by atoms with van der Waals surface area (Å²) in [6.07, 6.45) is 0. The maximum atomic E-state index is 12.7.